The van der Waals surface area contributed by atoms with E-state index in [9.17, 15) is 9.59 Å². The lowest BCUT2D eigenvalue weighted by molar-refractivity contribution is -0.124. The third-order valence-electron chi connectivity index (χ3n) is 3.72. The highest BCUT2D eigenvalue weighted by atomic mass is 16.5. The number of carbonyl (C=O) groups is 2. The number of ether oxygens (including phenoxy) is 3. The standard InChI is InChI=1S/C22H27NO5/c1-4-26-20-12-18(10-11-19(20)27-14-16(2)3)22(25)28-15-21(24)23-13-17-8-6-5-7-9-17/h5-12,16H,4,13-15H2,1-3H3,(H,23,24). The summed E-state index contributed by atoms with van der Waals surface area (Å²) in [4.78, 5) is 24.2. The predicted octanol–water partition coefficient (Wildman–Crippen LogP) is 3.59. The zero-order chi connectivity index (χ0) is 20.4. The van der Waals surface area contributed by atoms with Crippen LogP contribution in [0.2, 0.25) is 0 Å². The average molecular weight is 385 g/mol. The van der Waals surface area contributed by atoms with Crippen LogP contribution in [0.1, 0.15) is 36.7 Å². The van der Waals surface area contributed by atoms with E-state index in [2.05, 4.69) is 19.2 Å². The molecular formula is C22H27NO5. The van der Waals surface area contributed by atoms with Crippen LogP contribution in [0.5, 0.6) is 11.5 Å². The van der Waals surface area contributed by atoms with Gasteiger partial charge in [0, 0.05) is 6.54 Å². The van der Waals surface area contributed by atoms with Crippen molar-refractivity contribution in [1.82, 2.24) is 5.32 Å². The van der Waals surface area contributed by atoms with Crippen LogP contribution < -0.4 is 14.8 Å². The lowest BCUT2D eigenvalue weighted by atomic mass is 10.2. The van der Waals surface area contributed by atoms with E-state index in [1.807, 2.05) is 37.3 Å². The van der Waals surface area contributed by atoms with Crippen molar-refractivity contribution in [3.8, 4) is 11.5 Å². The Labute approximate surface area is 165 Å². The van der Waals surface area contributed by atoms with Gasteiger partial charge in [-0.05, 0) is 36.6 Å². The molecule has 2 aromatic carbocycles. The minimum atomic E-state index is -0.591. The van der Waals surface area contributed by atoms with Gasteiger partial charge in [0.1, 0.15) is 0 Å². The number of amides is 1. The van der Waals surface area contributed by atoms with E-state index in [0.717, 1.165) is 5.56 Å². The second-order valence-electron chi connectivity index (χ2n) is 6.64. The van der Waals surface area contributed by atoms with E-state index < -0.39 is 5.97 Å². The fraction of sp³-hybridized carbons (Fsp3) is 0.364. The summed E-state index contributed by atoms with van der Waals surface area (Å²) in [5.74, 6) is 0.470. The maximum Gasteiger partial charge on any atom is 0.338 e. The van der Waals surface area contributed by atoms with Crippen LogP contribution in [-0.2, 0) is 16.1 Å². The molecule has 150 valence electrons. The van der Waals surface area contributed by atoms with Gasteiger partial charge in [-0.15, -0.1) is 0 Å². The summed E-state index contributed by atoms with van der Waals surface area (Å²) in [7, 11) is 0. The Hall–Kier alpha value is -3.02. The van der Waals surface area contributed by atoms with Crippen LogP contribution in [0.15, 0.2) is 48.5 Å². The Morgan fingerprint density at radius 3 is 2.43 bits per heavy atom. The first kappa shape index (κ1) is 21.3. The minimum Gasteiger partial charge on any atom is -0.490 e. The topological polar surface area (TPSA) is 73.9 Å². The van der Waals surface area contributed by atoms with E-state index >= 15 is 0 Å². The van der Waals surface area contributed by atoms with Gasteiger partial charge < -0.3 is 19.5 Å². The Kier molecular flexibility index (Phi) is 8.34. The summed E-state index contributed by atoms with van der Waals surface area (Å²) >= 11 is 0. The number of rotatable bonds is 10. The first-order valence-corrected chi connectivity index (χ1v) is 9.37. The Morgan fingerprint density at radius 2 is 1.75 bits per heavy atom. The molecule has 0 bridgehead atoms. The summed E-state index contributed by atoms with van der Waals surface area (Å²) in [6.07, 6.45) is 0. The molecule has 6 nitrogen and oxygen atoms in total. The lowest BCUT2D eigenvalue weighted by Crippen LogP contribution is -2.28. The first-order chi connectivity index (χ1) is 13.5. The normalized spacial score (nSPS) is 10.4. The molecule has 2 rings (SSSR count). The molecule has 1 N–H and O–H groups in total. The summed E-state index contributed by atoms with van der Waals surface area (Å²) < 4.78 is 16.4. The summed E-state index contributed by atoms with van der Waals surface area (Å²) in [6, 6.07) is 14.4. The smallest absolute Gasteiger partial charge is 0.338 e. The highest BCUT2D eigenvalue weighted by Gasteiger charge is 2.14. The lowest BCUT2D eigenvalue weighted by Gasteiger charge is -2.14. The van der Waals surface area contributed by atoms with Gasteiger partial charge in [0.15, 0.2) is 18.1 Å². The molecule has 0 aliphatic carbocycles. The van der Waals surface area contributed by atoms with Crippen LogP contribution >= 0.6 is 0 Å². The predicted molar refractivity (Wildman–Crippen MR) is 107 cm³/mol. The zero-order valence-corrected chi connectivity index (χ0v) is 16.6. The van der Waals surface area contributed by atoms with Gasteiger partial charge in [-0.25, -0.2) is 4.79 Å². The molecule has 6 heteroatoms. The Balaban J connectivity index is 1.90. The third-order valence-corrected chi connectivity index (χ3v) is 3.72. The number of nitrogens with one attached hydrogen (secondary N) is 1. The quantitative estimate of drug-likeness (QED) is 0.633. The van der Waals surface area contributed by atoms with E-state index in [4.69, 9.17) is 14.2 Å². The van der Waals surface area contributed by atoms with Crippen molar-refractivity contribution in [2.24, 2.45) is 5.92 Å². The summed E-state index contributed by atoms with van der Waals surface area (Å²) in [5, 5.41) is 2.71. The van der Waals surface area contributed by atoms with Gasteiger partial charge in [0.05, 0.1) is 18.8 Å². The number of carbonyl (C=O) groups excluding carboxylic acids is 2. The number of hydrogen-bond acceptors (Lipinski definition) is 5. The summed E-state index contributed by atoms with van der Waals surface area (Å²) in [6.45, 7) is 6.98. The largest absolute Gasteiger partial charge is 0.490 e. The Morgan fingerprint density at radius 1 is 1.00 bits per heavy atom. The van der Waals surface area contributed by atoms with Gasteiger partial charge in [0.2, 0.25) is 0 Å². The van der Waals surface area contributed by atoms with Crippen molar-refractivity contribution in [2.75, 3.05) is 19.8 Å². The van der Waals surface area contributed by atoms with Crippen molar-refractivity contribution in [1.29, 1.82) is 0 Å². The molecule has 0 saturated heterocycles. The number of esters is 1. The van der Waals surface area contributed by atoms with E-state index in [-0.39, 0.29) is 12.5 Å². The highest BCUT2D eigenvalue weighted by Crippen LogP contribution is 2.29. The second kappa shape index (κ2) is 11.0. The molecule has 1 amide bonds. The second-order valence-corrected chi connectivity index (χ2v) is 6.64. The van der Waals surface area contributed by atoms with Gasteiger partial charge in [-0.2, -0.15) is 0 Å². The summed E-state index contributed by atoms with van der Waals surface area (Å²) in [5.41, 5.74) is 1.27. The van der Waals surface area contributed by atoms with Gasteiger partial charge in [0.25, 0.3) is 5.91 Å². The Bertz CT molecular complexity index is 774. The average Bonchev–Trinajstić information content (AvgIpc) is 2.70. The molecule has 2 aromatic rings. The minimum absolute atomic E-state index is 0.302. The molecule has 28 heavy (non-hydrogen) atoms. The molecule has 0 unspecified atom stereocenters. The van der Waals surface area contributed by atoms with E-state index in [1.165, 1.54) is 0 Å². The molecule has 0 heterocycles. The fourth-order valence-corrected chi connectivity index (χ4v) is 2.34. The molecule has 0 saturated carbocycles. The van der Waals surface area contributed by atoms with Crippen LogP contribution in [-0.4, -0.2) is 31.7 Å². The van der Waals surface area contributed by atoms with Crippen molar-refractivity contribution in [3.05, 3.63) is 59.7 Å². The molecule has 0 spiro atoms. The first-order valence-electron chi connectivity index (χ1n) is 9.37. The fourth-order valence-electron chi connectivity index (χ4n) is 2.34. The van der Waals surface area contributed by atoms with Crippen molar-refractivity contribution >= 4 is 11.9 Å². The molecule has 0 atom stereocenters. The van der Waals surface area contributed by atoms with Gasteiger partial charge >= 0.3 is 5.97 Å². The molecule has 0 aliphatic rings. The molecule has 0 aliphatic heterocycles. The van der Waals surface area contributed by atoms with Gasteiger partial charge in [-0.1, -0.05) is 44.2 Å². The molecule has 0 radical (unpaired) electrons. The molecule has 0 fully saturated rings. The van der Waals surface area contributed by atoms with E-state index in [0.29, 0.717) is 42.7 Å². The van der Waals surface area contributed by atoms with Crippen LogP contribution in [0.3, 0.4) is 0 Å². The van der Waals surface area contributed by atoms with E-state index in [1.54, 1.807) is 18.2 Å². The van der Waals surface area contributed by atoms with Crippen LogP contribution in [0.25, 0.3) is 0 Å². The third kappa shape index (κ3) is 6.95. The SMILES string of the molecule is CCOc1cc(C(=O)OCC(=O)NCc2ccccc2)ccc1OCC(C)C. The zero-order valence-electron chi connectivity index (χ0n) is 16.6. The van der Waals surface area contributed by atoms with Crippen molar-refractivity contribution in [3.63, 3.8) is 0 Å². The molecule has 0 aromatic heterocycles. The van der Waals surface area contributed by atoms with Crippen LogP contribution in [0.4, 0.5) is 0 Å². The van der Waals surface area contributed by atoms with Gasteiger partial charge in [-0.3, -0.25) is 4.79 Å². The monoisotopic (exact) mass is 385 g/mol. The van der Waals surface area contributed by atoms with Crippen molar-refractivity contribution in [2.45, 2.75) is 27.3 Å². The maximum atomic E-state index is 12.3. The highest BCUT2D eigenvalue weighted by molar-refractivity contribution is 5.92. The van der Waals surface area contributed by atoms with Crippen molar-refractivity contribution < 1.29 is 23.8 Å². The number of benzene rings is 2. The maximum absolute atomic E-state index is 12.3. The van der Waals surface area contributed by atoms with Crippen LogP contribution in [0, 0.1) is 5.92 Å². The molecular weight excluding hydrogens is 358 g/mol. The number of hydrogen-bond donors (Lipinski definition) is 1.